The fraction of sp³-hybridized carbons (Fsp3) is 0.429. The van der Waals surface area contributed by atoms with Crippen molar-refractivity contribution in [3.63, 3.8) is 0 Å². The molecule has 0 aromatic heterocycles. The van der Waals surface area contributed by atoms with Crippen molar-refractivity contribution in [2.45, 2.75) is 31.9 Å². The van der Waals surface area contributed by atoms with Gasteiger partial charge in [-0.25, -0.2) is 8.78 Å². The summed E-state index contributed by atoms with van der Waals surface area (Å²) >= 11 is 0. The lowest BCUT2D eigenvalue weighted by molar-refractivity contribution is -0.151. The van der Waals surface area contributed by atoms with E-state index < -0.39 is 31.0 Å². The first-order valence-corrected chi connectivity index (χ1v) is 6.48. The average Bonchev–Trinajstić information content (AvgIpc) is 2.43. The van der Waals surface area contributed by atoms with Gasteiger partial charge in [-0.1, -0.05) is 37.3 Å². The molecule has 20 heavy (non-hydrogen) atoms. The number of carbonyl (C=O) groups is 2. The van der Waals surface area contributed by atoms with E-state index in [4.69, 9.17) is 0 Å². The summed E-state index contributed by atoms with van der Waals surface area (Å²) in [6, 6.07) is 6.92. The van der Waals surface area contributed by atoms with Crippen molar-refractivity contribution in [1.29, 1.82) is 0 Å². The number of nitrogens with zero attached hydrogens (tertiary/aromatic N) is 1. The quantitative estimate of drug-likeness (QED) is 0.914. The highest BCUT2D eigenvalue weighted by Crippen LogP contribution is 2.24. The first-order valence-electron chi connectivity index (χ1n) is 6.48. The van der Waals surface area contributed by atoms with Gasteiger partial charge in [-0.3, -0.25) is 9.59 Å². The SMILES string of the molecule is CCC1C(=O)NC(c2ccccc2)C(=O)N1CC(F)F. The van der Waals surface area contributed by atoms with E-state index >= 15 is 0 Å². The Kier molecular flexibility index (Phi) is 4.32. The topological polar surface area (TPSA) is 49.4 Å². The normalized spacial score (nSPS) is 23.1. The number of nitrogens with one attached hydrogen (secondary N) is 1. The third-order valence-corrected chi connectivity index (χ3v) is 3.35. The van der Waals surface area contributed by atoms with Crippen molar-refractivity contribution in [2.24, 2.45) is 0 Å². The Hall–Kier alpha value is -1.98. The first-order chi connectivity index (χ1) is 9.54. The minimum absolute atomic E-state index is 0.311. The molecule has 1 aromatic rings. The molecule has 1 aromatic carbocycles. The second kappa shape index (κ2) is 5.98. The molecule has 6 heteroatoms. The summed E-state index contributed by atoms with van der Waals surface area (Å²) in [5.41, 5.74) is 0.597. The van der Waals surface area contributed by atoms with E-state index in [1.54, 1.807) is 37.3 Å². The Morgan fingerprint density at radius 1 is 1.25 bits per heavy atom. The first kappa shape index (κ1) is 14.4. The van der Waals surface area contributed by atoms with Crippen molar-refractivity contribution in [3.8, 4) is 0 Å². The predicted molar refractivity (Wildman–Crippen MR) is 69.1 cm³/mol. The lowest BCUT2D eigenvalue weighted by Crippen LogP contribution is -2.60. The number of carbonyl (C=O) groups excluding carboxylic acids is 2. The van der Waals surface area contributed by atoms with E-state index in [1.807, 2.05) is 0 Å². The number of amides is 2. The minimum atomic E-state index is -2.66. The Bertz CT molecular complexity index is 493. The van der Waals surface area contributed by atoms with Crippen molar-refractivity contribution in [2.75, 3.05) is 6.54 Å². The molecule has 1 saturated heterocycles. The summed E-state index contributed by atoms with van der Waals surface area (Å²) in [6.07, 6.45) is -2.35. The molecule has 108 valence electrons. The summed E-state index contributed by atoms with van der Waals surface area (Å²) in [5.74, 6) is -0.871. The lowest BCUT2D eigenvalue weighted by atomic mass is 9.99. The molecule has 1 aliphatic rings. The summed E-state index contributed by atoms with van der Waals surface area (Å²) in [5, 5.41) is 2.61. The molecule has 0 saturated carbocycles. The number of hydrogen-bond acceptors (Lipinski definition) is 2. The van der Waals surface area contributed by atoms with E-state index in [2.05, 4.69) is 5.32 Å². The molecule has 0 aliphatic carbocycles. The highest BCUT2D eigenvalue weighted by molar-refractivity contribution is 5.97. The molecular formula is C14H16F2N2O2. The minimum Gasteiger partial charge on any atom is -0.339 e. The van der Waals surface area contributed by atoms with Gasteiger partial charge in [0.1, 0.15) is 12.1 Å². The van der Waals surface area contributed by atoms with E-state index in [0.717, 1.165) is 4.90 Å². The molecule has 0 spiro atoms. The van der Waals surface area contributed by atoms with Crippen LogP contribution in [0, 0.1) is 0 Å². The maximum Gasteiger partial charge on any atom is 0.255 e. The van der Waals surface area contributed by atoms with Crippen LogP contribution in [0.2, 0.25) is 0 Å². The predicted octanol–water partition coefficient (Wildman–Crippen LogP) is 1.73. The Balaban J connectivity index is 2.29. The Morgan fingerprint density at radius 3 is 2.45 bits per heavy atom. The molecule has 1 N–H and O–H groups in total. The number of alkyl halides is 2. The van der Waals surface area contributed by atoms with Gasteiger partial charge < -0.3 is 10.2 Å². The maximum atomic E-state index is 12.6. The molecule has 2 unspecified atom stereocenters. The van der Waals surface area contributed by atoms with Crippen LogP contribution < -0.4 is 5.32 Å². The van der Waals surface area contributed by atoms with Crippen LogP contribution in [-0.2, 0) is 9.59 Å². The number of halogens is 2. The van der Waals surface area contributed by atoms with Crippen LogP contribution in [0.3, 0.4) is 0 Å². The number of hydrogen-bond donors (Lipinski definition) is 1. The highest BCUT2D eigenvalue weighted by Gasteiger charge is 2.41. The molecule has 4 nitrogen and oxygen atoms in total. The van der Waals surface area contributed by atoms with Crippen molar-refractivity contribution in [1.82, 2.24) is 10.2 Å². The zero-order valence-corrected chi connectivity index (χ0v) is 11.1. The van der Waals surface area contributed by atoms with Gasteiger partial charge in [0, 0.05) is 0 Å². The molecule has 0 bridgehead atoms. The smallest absolute Gasteiger partial charge is 0.255 e. The number of benzene rings is 1. The van der Waals surface area contributed by atoms with E-state index in [9.17, 15) is 18.4 Å². The van der Waals surface area contributed by atoms with Gasteiger partial charge in [-0.2, -0.15) is 0 Å². The zero-order chi connectivity index (χ0) is 14.7. The van der Waals surface area contributed by atoms with E-state index in [0.29, 0.717) is 12.0 Å². The fourth-order valence-corrected chi connectivity index (χ4v) is 2.40. The second-order valence-electron chi connectivity index (χ2n) is 4.66. The molecule has 2 amide bonds. The summed E-state index contributed by atoms with van der Waals surface area (Å²) in [7, 11) is 0. The van der Waals surface area contributed by atoms with Gasteiger partial charge in [-0.05, 0) is 12.0 Å². The van der Waals surface area contributed by atoms with E-state index in [1.165, 1.54) is 0 Å². The van der Waals surface area contributed by atoms with Crippen molar-refractivity contribution >= 4 is 11.8 Å². The summed E-state index contributed by atoms with van der Waals surface area (Å²) in [4.78, 5) is 25.3. The van der Waals surface area contributed by atoms with Crippen LogP contribution in [0.5, 0.6) is 0 Å². The van der Waals surface area contributed by atoms with Gasteiger partial charge in [0.15, 0.2) is 0 Å². The third kappa shape index (κ3) is 2.79. The molecule has 1 aliphatic heterocycles. The Morgan fingerprint density at radius 2 is 1.90 bits per heavy atom. The molecule has 2 rings (SSSR count). The van der Waals surface area contributed by atoms with Crippen LogP contribution >= 0.6 is 0 Å². The van der Waals surface area contributed by atoms with Gasteiger partial charge >= 0.3 is 0 Å². The number of piperazine rings is 1. The van der Waals surface area contributed by atoms with Crippen LogP contribution in [0.4, 0.5) is 8.78 Å². The standard InChI is InChI=1S/C14H16F2N2O2/c1-2-10-13(19)17-12(9-6-4-3-5-7-9)14(20)18(10)8-11(15)16/h3-7,10-12H,2,8H2,1H3,(H,17,19). The van der Waals surface area contributed by atoms with Crippen LogP contribution in [-0.4, -0.2) is 35.7 Å². The van der Waals surface area contributed by atoms with Crippen molar-refractivity contribution in [3.05, 3.63) is 35.9 Å². The van der Waals surface area contributed by atoms with Gasteiger partial charge in [-0.15, -0.1) is 0 Å². The van der Waals surface area contributed by atoms with Crippen LogP contribution in [0.15, 0.2) is 30.3 Å². The maximum absolute atomic E-state index is 12.6. The third-order valence-electron chi connectivity index (χ3n) is 3.35. The lowest BCUT2D eigenvalue weighted by Gasteiger charge is -2.38. The van der Waals surface area contributed by atoms with Gasteiger partial charge in [0.25, 0.3) is 12.3 Å². The monoisotopic (exact) mass is 282 g/mol. The van der Waals surface area contributed by atoms with Crippen LogP contribution in [0.1, 0.15) is 24.9 Å². The van der Waals surface area contributed by atoms with Gasteiger partial charge in [0.2, 0.25) is 5.91 Å². The van der Waals surface area contributed by atoms with Crippen molar-refractivity contribution < 1.29 is 18.4 Å². The summed E-state index contributed by atoms with van der Waals surface area (Å²) < 4.78 is 25.3. The second-order valence-corrected chi connectivity index (χ2v) is 4.66. The molecule has 2 atom stereocenters. The van der Waals surface area contributed by atoms with E-state index in [-0.39, 0.29) is 5.91 Å². The van der Waals surface area contributed by atoms with Crippen LogP contribution in [0.25, 0.3) is 0 Å². The average molecular weight is 282 g/mol. The molecule has 1 heterocycles. The molecular weight excluding hydrogens is 266 g/mol. The largest absolute Gasteiger partial charge is 0.339 e. The highest BCUT2D eigenvalue weighted by atomic mass is 19.3. The summed E-state index contributed by atoms with van der Waals surface area (Å²) in [6.45, 7) is 0.979. The molecule has 0 radical (unpaired) electrons. The fourth-order valence-electron chi connectivity index (χ4n) is 2.40. The molecule has 1 fully saturated rings. The number of rotatable bonds is 4. The van der Waals surface area contributed by atoms with Gasteiger partial charge in [0.05, 0.1) is 6.54 Å². The zero-order valence-electron chi connectivity index (χ0n) is 11.1. The Labute approximate surface area is 115 Å².